The van der Waals surface area contributed by atoms with Crippen LogP contribution < -0.4 is 10.4 Å². The monoisotopic (exact) mass is 348 g/mol. The molecule has 0 N–H and O–H groups in total. The fourth-order valence-corrected chi connectivity index (χ4v) is 7.79. The highest BCUT2D eigenvalue weighted by molar-refractivity contribution is 6.99. The van der Waals surface area contributed by atoms with Crippen LogP contribution in [0.5, 0.6) is 0 Å². The lowest BCUT2D eigenvalue weighted by Crippen LogP contribution is -2.66. The molecule has 1 nitrogen and oxygen atoms in total. The Hall–Kier alpha value is -2.08. The van der Waals surface area contributed by atoms with Crippen molar-refractivity contribution in [3.8, 4) is 11.8 Å². The molecule has 0 amide bonds. The maximum absolute atomic E-state index is 6.76. The Morgan fingerprint density at radius 1 is 0.920 bits per heavy atom. The Bertz CT molecular complexity index is 691. The van der Waals surface area contributed by atoms with Crippen LogP contribution in [-0.2, 0) is 4.43 Å². The predicted octanol–water partition coefficient (Wildman–Crippen LogP) is 4.53. The van der Waals surface area contributed by atoms with Crippen LogP contribution in [0.15, 0.2) is 72.8 Å². The minimum atomic E-state index is -2.40. The maximum atomic E-state index is 6.76. The smallest absolute Gasteiger partial charge is 0.261 e. The summed E-state index contributed by atoms with van der Waals surface area (Å²) in [6.07, 6.45) is 4.58. The largest absolute Gasteiger partial charge is 0.406 e. The van der Waals surface area contributed by atoms with Gasteiger partial charge >= 0.3 is 0 Å². The molecule has 2 aromatic rings. The van der Waals surface area contributed by atoms with E-state index in [1.54, 1.807) is 0 Å². The van der Waals surface area contributed by atoms with E-state index in [4.69, 9.17) is 4.43 Å². The van der Waals surface area contributed by atoms with Crippen LogP contribution in [0, 0.1) is 11.8 Å². The van der Waals surface area contributed by atoms with Crippen LogP contribution in [-0.4, -0.2) is 14.9 Å². The van der Waals surface area contributed by atoms with Crippen molar-refractivity contribution >= 4 is 18.7 Å². The Morgan fingerprint density at radius 3 is 1.88 bits per heavy atom. The first kappa shape index (κ1) is 19.2. The van der Waals surface area contributed by atoms with Gasteiger partial charge in [-0.2, -0.15) is 0 Å². The molecule has 0 aliphatic carbocycles. The van der Waals surface area contributed by atoms with Crippen molar-refractivity contribution in [3.63, 3.8) is 0 Å². The van der Waals surface area contributed by atoms with Gasteiger partial charge in [0.1, 0.15) is 0 Å². The van der Waals surface area contributed by atoms with Gasteiger partial charge in [0, 0.05) is 13.0 Å². The van der Waals surface area contributed by atoms with Crippen molar-refractivity contribution in [2.75, 3.05) is 6.61 Å². The summed E-state index contributed by atoms with van der Waals surface area (Å²) in [7, 11) is -2.40. The van der Waals surface area contributed by atoms with Gasteiger partial charge < -0.3 is 4.43 Å². The summed E-state index contributed by atoms with van der Waals surface area (Å²) in [5.41, 5.74) is 0. The summed E-state index contributed by atoms with van der Waals surface area (Å²) < 4.78 is 6.76. The number of hydrogen-bond donors (Lipinski definition) is 0. The number of allylic oxidation sites excluding steroid dienone is 2. The van der Waals surface area contributed by atoms with Crippen LogP contribution in [0.4, 0.5) is 0 Å². The van der Waals surface area contributed by atoms with Gasteiger partial charge in [0.05, 0.1) is 0 Å². The Labute approximate surface area is 153 Å². The van der Waals surface area contributed by atoms with Gasteiger partial charge in [-0.25, -0.2) is 0 Å². The molecule has 130 valence electrons. The number of benzene rings is 2. The van der Waals surface area contributed by atoms with E-state index in [0.717, 1.165) is 6.42 Å². The third kappa shape index (κ3) is 4.51. The van der Waals surface area contributed by atoms with Gasteiger partial charge in [0.2, 0.25) is 0 Å². The zero-order valence-corrected chi connectivity index (χ0v) is 16.8. The zero-order valence-electron chi connectivity index (χ0n) is 15.8. The summed E-state index contributed by atoms with van der Waals surface area (Å²) in [5.74, 6) is 6.22. The molecular weight excluding hydrogens is 320 g/mol. The molecule has 0 saturated heterocycles. The number of hydrogen-bond acceptors (Lipinski definition) is 1. The Kier molecular flexibility index (Phi) is 6.81. The second-order valence-corrected chi connectivity index (χ2v) is 11.4. The fraction of sp³-hybridized carbons (Fsp3) is 0.304. The van der Waals surface area contributed by atoms with E-state index >= 15 is 0 Å². The molecule has 0 fully saturated rings. The van der Waals surface area contributed by atoms with Crippen LogP contribution >= 0.6 is 0 Å². The highest BCUT2D eigenvalue weighted by Crippen LogP contribution is 2.36. The van der Waals surface area contributed by atoms with E-state index in [1.807, 2.05) is 19.1 Å². The molecule has 0 bridgehead atoms. The fourth-order valence-electron chi connectivity index (χ4n) is 3.23. The molecule has 2 aromatic carbocycles. The first-order chi connectivity index (χ1) is 12.0. The van der Waals surface area contributed by atoms with Gasteiger partial charge in [-0.15, -0.1) is 0 Å². The molecule has 2 heteroatoms. The molecular formula is C23H28OSi. The van der Waals surface area contributed by atoms with Gasteiger partial charge in [-0.05, 0) is 28.4 Å². The van der Waals surface area contributed by atoms with Gasteiger partial charge in [-0.3, -0.25) is 0 Å². The van der Waals surface area contributed by atoms with Crippen LogP contribution in [0.1, 0.15) is 34.1 Å². The standard InChI is InChI=1S/C23H28OSi/c1-5-6-7-8-15-20-24-25(23(2,3)4,21-16-11-9-12-17-21)22-18-13-10-14-19-22/h5-6,9-14,16-19H,15,20H2,1-4H3/b6-5-. The SMILES string of the molecule is C/C=C\C#CCCO[Si](c1ccccc1)(c1ccccc1)C(C)(C)C. The van der Waals surface area contributed by atoms with Crippen molar-refractivity contribution in [2.45, 2.75) is 39.2 Å². The molecule has 25 heavy (non-hydrogen) atoms. The normalized spacial score (nSPS) is 12.0. The third-order valence-electron chi connectivity index (χ3n) is 4.31. The summed E-state index contributed by atoms with van der Waals surface area (Å²) in [6, 6.07) is 21.5. The minimum absolute atomic E-state index is 0.0203. The lowest BCUT2D eigenvalue weighted by Gasteiger charge is -2.43. The van der Waals surface area contributed by atoms with E-state index in [9.17, 15) is 0 Å². The van der Waals surface area contributed by atoms with Crippen LogP contribution in [0.3, 0.4) is 0 Å². The molecule has 0 atom stereocenters. The highest BCUT2D eigenvalue weighted by Gasteiger charge is 2.49. The molecule has 0 radical (unpaired) electrons. The van der Waals surface area contributed by atoms with E-state index in [-0.39, 0.29) is 5.04 Å². The van der Waals surface area contributed by atoms with E-state index in [0.29, 0.717) is 6.61 Å². The second kappa shape index (κ2) is 8.85. The lowest BCUT2D eigenvalue weighted by atomic mass is 10.2. The van der Waals surface area contributed by atoms with Crippen molar-refractivity contribution in [3.05, 3.63) is 72.8 Å². The summed E-state index contributed by atoms with van der Waals surface area (Å²) in [6.45, 7) is 9.52. The number of rotatable bonds is 5. The minimum Gasteiger partial charge on any atom is -0.406 e. The average Bonchev–Trinajstić information content (AvgIpc) is 2.62. The second-order valence-electron chi connectivity index (χ2n) is 7.08. The quantitative estimate of drug-likeness (QED) is 0.438. The van der Waals surface area contributed by atoms with Crippen molar-refractivity contribution < 1.29 is 4.43 Å². The topological polar surface area (TPSA) is 9.23 Å². The van der Waals surface area contributed by atoms with Gasteiger partial charge in [-0.1, -0.05) is 99.4 Å². The summed E-state index contributed by atoms with van der Waals surface area (Å²) in [5, 5.41) is 2.65. The van der Waals surface area contributed by atoms with Crippen LogP contribution in [0.2, 0.25) is 5.04 Å². The molecule has 2 rings (SSSR count). The van der Waals surface area contributed by atoms with Gasteiger partial charge in [0.25, 0.3) is 8.32 Å². The first-order valence-electron chi connectivity index (χ1n) is 8.87. The first-order valence-corrected chi connectivity index (χ1v) is 10.8. The molecule has 0 unspecified atom stereocenters. The molecule has 0 aromatic heterocycles. The predicted molar refractivity (Wildman–Crippen MR) is 111 cm³/mol. The Balaban J connectivity index is 2.44. The average molecular weight is 349 g/mol. The molecule has 0 saturated carbocycles. The maximum Gasteiger partial charge on any atom is 0.261 e. The van der Waals surface area contributed by atoms with Crippen molar-refractivity contribution in [1.82, 2.24) is 0 Å². The Morgan fingerprint density at radius 2 is 1.44 bits per heavy atom. The molecule has 0 aliphatic heterocycles. The van der Waals surface area contributed by atoms with E-state index < -0.39 is 8.32 Å². The summed E-state index contributed by atoms with van der Waals surface area (Å²) >= 11 is 0. The van der Waals surface area contributed by atoms with Crippen molar-refractivity contribution in [2.24, 2.45) is 0 Å². The zero-order chi connectivity index (χ0) is 18.2. The lowest BCUT2D eigenvalue weighted by molar-refractivity contribution is 0.306. The highest BCUT2D eigenvalue weighted by atomic mass is 28.4. The molecule has 0 spiro atoms. The summed E-state index contributed by atoms with van der Waals surface area (Å²) in [4.78, 5) is 0. The molecule has 0 heterocycles. The third-order valence-corrected chi connectivity index (χ3v) is 9.36. The van der Waals surface area contributed by atoms with Crippen LogP contribution in [0.25, 0.3) is 0 Å². The van der Waals surface area contributed by atoms with E-state index in [1.165, 1.54) is 10.4 Å². The van der Waals surface area contributed by atoms with E-state index in [2.05, 4.69) is 93.3 Å². The molecule has 0 aliphatic rings. The van der Waals surface area contributed by atoms with Crippen molar-refractivity contribution in [1.29, 1.82) is 0 Å². The van der Waals surface area contributed by atoms with Gasteiger partial charge in [0.15, 0.2) is 0 Å².